The number of amides is 2. The van der Waals surface area contributed by atoms with Gasteiger partial charge in [-0.1, -0.05) is 35.9 Å². The van der Waals surface area contributed by atoms with E-state index in [0.717, 1.165) is 4.88 Å². The van der Waals surface area contributed by atoms with E-state index in [2.05, 4.69) is 0 Å². The van der Waals surface area contributed by atoms with E-state index in [9.17, 15) is 14.4 Å². The van der Waals surface area contributed by atoms with Crippen LogP contribution in [0.3, 0.4) is 0 Å². The van der Waals surface area contributed by atoms with Crippen LogP contribution in [0.2, 0.25) is 5.02 Å². The molecule has 4 rings (SSSR count). The molecule has 33 heavy (non-hydrogen) atoms. The van der Waals surface area contributed by atoms with Gasteiger partial charge in [0.05, 0.1) is 12.0 Å². The molecule has 1 atom stereocenters. The first-order chi connectivity index (χ1) is 16.0. The summed E-state index contributed by atoms with van der Waals surface area (Å²) in [6.07, 6.45) is 1.36. The Balaban J connectivity index is 1.33. The van der Waals surface area contributed by atoms with Crippen LogP contribution in [-0.4, -0.2) is 78.9 Å². The van der Waals surface area contributed by atoms with Crippen LogP contribution < -0.4 is 0 Å². The van der Waals surface area contributed by atoms with Crippen molar-refractivity contribution in [1.29, 1.82) is 0 Å². The van der Waals surface area contributed by atoms with Crippen molar-refractivity contribution in [3.05, 3.63) is 57.2 Å². The van der Waals surface area contributed by atoms with Gasteiger partial charge in [0.2, 0.25) is 5.91 Å². The van der Waals surface area contributed by atoms with E-state index < -0.39 is 6.04 Å². The fourth-order valence-electron chi connectivity index (χ4n) is 4.63. The van der Waals surface area contributed by atoms with E-state index in [1.165, 1.54) is 18.4 Å². The molecule has 2 aliphatic heterocycles. The van der Waals surface area contributed by atoms with Crippen LogP contribution in [0.1, 0.15) is 34.1 Å². The summed E-state index contributed by atoms with van der Waals surface area (Å²) in [5.41, 5.74) is 0.716. The zero-order valence-corrected chi connectivity index (χ0v) is 20.2. The highest BCUT2D eigenvalue weighted by Crippen LogP contribution is 2.30. The molecule has 0 radical (unpaired) electrons. The third-order valence-electron chi connectivity index (χ3n) is 6.48. The Morgan fingerprint density at radius 3 is 2.27 bits per heavy atom. The van der Waals surface area contributed by atoms with Crippen LogP contribution in [0.25, 0.3) is 0 Å². The molecule has 2 saturated heterocycles. The number of hydrogen-bond acceptors (Lipinski definition) is 6. The van der Waals surface area contributed by atoms with E-state index in [1.54, 1.807) is 6.07 Å². The standard InChI is InChI=1S/C24H28ClN3O4S/c1-32-24(31)21(18-5-2-3-6-19(18)25)26-12-14-28(15-13-26)22(29)17-8-10-27(11-9-17)23(30)20-7-4-16-33-20/h2-7,16-17,21H,8-15H2,1H3. The van der Waals surface area contributed by atoms with Gasteiger partial charge in [-0.05, 0) is 35.9 Å². The number of carbonyl (C=O) groups excluding carboxylic acids is 3. The van der Waals surface area contributed by atoms with Crippen molar-refractivity contribution in [3.63, 3.8) is 0 Å². The molecule has 1 aromatic carbocycles. The molecule has 0 spiro atoms. The average Bonchev–Trinajstić information content (AvgIpc) is 3.40. The number of piperidine rings is 1. The minimum absolute atomic E-state index is 0.0536. The number of halogens is 1. The molecule has 1 unspecified atom stereocenters. The summed E-state index contributed by atoms with van der Waals surface area (Å²) in [7, 11) is 1.38. The first-order valence-electron chi connectivity index (χ1n) is 11.2. The highest BCUT2D eigenvalue weighted by Gasteiger charge is 2.36. The monoisotopic (exact) mass is 489 g/mol. The molecule has 3 heterocycles. The van der Waals surface area contributed by atoms with E-state index in [-0.39, 0.29) is 23.7 Å². The van der Waals surface area contributed by atoms with Crippen molar-refractivity contribution < 1.29 is 19.1 Å². The lowest BCUT2D eigenvalue weighted by Gasteiger charge is -2.40. The predicted molar refractivity (Wildman–Crippen MR) is 127 cm³/mol. The fourth-order valence-corrected chi connectivity index (χ4v) is 5.56. The number of ether oxygens (including phenoxy) is 1. The number of esters is 1. The molecular weight excluding hydrogens is 462 g/mol. The molecule has 2 fully saturated rings. The van der Waals surface area contributed by atoms with Gasteiger partial charge in [-0.25, -0.2) is 4.79 Å². The Morgan fingerprint density at radius 2 is 1.67 bits per heavy atom. The molecule has 2 aromatic rings. The summed E-state index contributed by atoms with van der Waals surface area (Å²) in [6.45, 7) is 3.42. The molecule has 9 heteroatoms. The Kier molecular flexibility index (Phi) is 7.67. The van der Waals surface area contributed by atoms with Gasteiger partial charge >= 0.3 is 5.97 Å². The largest absolute Gasteiger partial charge is 0.468 e. The first kappa shape index (κ1) is 23.7. The minimum atomic E-state index is -0.590. The maximum atomic E-state index is 13.1. The number of likely N-dealkylation sites (tertiary alicyclic amines) is 1. The van der Waals surface area contributed by atoms with Gasteiger partial charge in [0.15, 0.2) is 0 Å². The molecule has 0 bridgehead atoms. The van der Waals surface area contributed by atoms with E-state index in [4.69, 9.17) is 16.3 Å². The molecular formula is C24H28ClN3O4S. The van der Waals surface area contributed by atoms with Crippen LogP contribution in [-0.2, 0) is 14.3 Å². The first-order valence-corrected chi connectivity index (χ1v) is 12.4. The highest BCUT2D eigenvalue weighted by molar-refractivity contribution is 7.12. The lowest BCUT2D eigenvalue weighted by molar-refractivity contribution is -0.149. The SMILES string of the molecule is COC(=O)C(c1ccccc1Cl)N1CCN(C(=O)C2CCN(C(=O)c3cccs3)CC2)CC1. The zero-order valence-electron chi connectivity index (χ0n) is 18.6. The number of nitrogens with zero attached hydrogens (tertiary/aromatic N) is 3. The lowest BCUT2D eigenvalue weighted by Crippen LogP contribution is -2.53. The number of thiophene rings is 1. The third-order valence-corrected chi connectivity index (χ3v) is 7.68. The number of hydrogen-bond donors (Lipinski definition) is 0. The normalized spacial score (nSPS) is 18.7. The smallest absolute Gasteiger partial charge is 0.327 e. The van der Waals surface area contributed by atoms with Gasteiger partial charge in [0.1, 0.15) is 6.04 Å². The van der Waals surface area contributed by atoms with Gasteiger partial charge in [-0.2, -0.15) is 0 Å². The molecule has 2 aliphatic rings. The molecule has 0 N–H and O–H groups in total. The summed E-state index contributed by atoms with van der Waals surface area (Å²) >= 11 is 7.81. The fraction of sp³-hybridized carbons (Fsp3) is 0.458. The Morgan fingerprint density at radius 1 is 0.970 bits per heavy atom. The Labute approximate surface area is 202 Å². The van der Waals surface area contributed by atoms with Gasteiger partial charge in [0, 0.05) is 50.2 Å². The summed E-state index contributed by atoms with van der Waals surface area (Å²) in [4.78, 5) is 44.8. The molecule has 7 nitrogen and oxygen atoms in total. The zero-order chi connectivity index (χ0) is 23.4. The van der Waals surface area contributed by atoms with Crippen LogP contribution in [0, 0.1) is 5.92 Å². The van der Waals surface area contributed by atoms with E-state index >= 15 is 0 Å². The van der Waals surface area contributed by atoms with Crippen LogP contribution in [0.4, 0.5) is 0 Å². The number of methoxy groups -OCH3 is 1. The number of benzene rings is 1. The van der Waals surface area contributed by atoms with Gasteiger partial charge in [-0.15, -0.1) is 11.3 Å². The maximum Gasteiger partial charge on any atom is 0.327 e. The highest BCUT2D eigenvalue weighted by atomic mass is 35.5. The lowest BCUT2D eigenvalue weighted by atomic mass is 9.94. The quantitative estimate of drug-likeness (QED) is 0.603. The van der Waals surface area contributed by atoms with Crippen molar-refractivity contribution in [3.8, 4) is 0 Å². The predicted octanol–water partition coefficient (Wildman–Crippen LogP) is 3.31. The minimum Gasteiger partial charge on any atom is -0.468 e. The van der Waals surface area contributed by atoms with Crippen LogP contribution >= 0.6 is 22.9 Å². The molecule has 0 saturated carbocycles. The summed E-state index contributed by atoms with van der Waals surface area (Å²) < 4.78 is 5.05. The third kappa shape index (κ3) is 5.23. The van der Waals surface area contributed by atoms with Gasteiger partial charge in [-0.3, -0.25) is 14.5 Å². The van der Waals surface area contributed by atoms with E-state index in [0.29, 0.717) is 62.7 Å². The topological polar surface area (TPSA) is 70.2 Å². The number of piperazine rings is 1. The second-order valence-electron chi connectivity index (χ2n) is 8.35. The van der Waals surface area contributed by atoms with Crippen molar-refractivity contribution >= 4 is 40.7 Å². The Hall–Kier alpha value is -2.42. The molecule has 2 amide bonds. The summed E-state index contributed by atoms with van der Waals surface area (Å²) in [6, 6.07) is 10.4. The van der Waals surface area contributed by atoms with Crippen molar-refractivity contribution in [1.82, 2.24) is 14.7 Å². The molecule has 176 valence electrons. The van der Waals surface area contributed by atoms with Crippen molar-refractivity contribution in [2.24, 2.45) is 5.92 Å². The van der Waals surface area contributed by atoms with Crippen LogP contribution in [0.5, 0.6) is 0 Å². The van der Waals surface area contributed by atoms with Gasteiger partial charge < -0.3 is 14.5 Å². The molecule has 1 aromatic heterocycles. The number of rotatable bonds is 5. The van der Waals surface area contributed by atoms with Crippen molar-refractivity contribution in [2.45, 2.75) is 18.9 Å². The summed E-state index contributed by atoms with van der Waals surface area (Å²) in [5, 5.41) is 2.43. The van der Waals surface area contributed by atoms with Crippen molar-refractivity contribution in [2.75, 3.05) is 46.4 Å². The molecule has 0 aliphatic carbocycles. The van der Waals surface area contributed by atoms with E-state index in [1.807, 2.05) is 50.4 Å². The summed E-state index contributed by atoms with van der Waals surface area (Å²) in [5.74, 6) is -0.224. The van der Waals surface area contributed by atoms with Crippen LogP contribution in [0.15, 0.2) is 41.8 Å². The average molecular weight is 490 g/mol. The Bertz CT molecular complexity index is 983. The maximum absolute atomic E-state index is 13.1. The number of carbonyl (C=O) groups is 3. The van der Waals surface area contributed by atoms with Gasteiger partial charge in [0.25, 0.3) is 5.91 Å². The second kappa shape index (κ2) is 10.7. The second-order valence-corrected chi connectivity index (χ2v) is 9.71.